The Bertz CT molecular complexity index is 471. The summed E-state index contributed by atoms with van der Waals surface area (Å²) in [6, 6.07) is 5.68. The van der Waals surface area contributed by atoms with Crippen LogP contribution in [-0.4, -0.2) is 35.5 Å². The van der Waals surface area contributed by atoms with Gasteiger partial charge in [0, 0.05) is 13.6 Å². The van der Waals surface area contributed by atoms with Crippen LogP contribution in [0.3, 0.4) is 0 Å². The zero-order valence-corrected chi connectivity index (χ0v) is 11.5. The number of hydrogen-bond donors (Lipinski definition) is 1. The lowest BCUT2D eigenvalue weighted by Crippen LogP contribution is -2.28. The number of aliphatic carboxylic acids is 1. The van der Waals surface area contributed by atoms with Gasteiger partial charge in [-0.25, -0.2) is 0 Å². The number of rotatable bonds is 6. The first-order chi connectivity index (χ1) is 8.93. The molecule has 0 saturated heterocycles. The van der Waals surface area contributed by atoms with Crippen LogP contribution in [0.4, 0.5) is 0 Å². The topological polar surface area (TPSA) is 66.8 Å². The van der Waals surface area contributed by atoms with Crippen LogP contribution in [0.25, 0.3) is 0 Å². The minimum atomic E-state index is -1.11. The van der Waals surface area contributed by atoms with Crippen molar-refractivity contribution in [3.05, 3.63) is 29.3 Å². The van der Waals surface area contributed by atoms with Crippen molar-refractivity contribution in [2.45, 2.75) is 26.8 Å². The van der Waals surface area contributed by atoms with Crippen LogP contribution in [0.15, 0.2) is 18.2 Å². The summed E-state index contributed by atoms with van der Waals surface area (Å²) in [6.07, 6.45) is -0.480. The lowest BCUT2D eigenvalue weighted by atomic mass is 10.1. The second kappa shape index (κ2) is 6.78. The highest BCUT2D eigenvalue weighted by Crippen LogP contribution is 2.19. The highest BCUT2D eigenvalue weighted by Gasteiger charge is 2.13. The number of benzene rings is 1. The van der Waals surface area contributed by atoms with Crippen LogP contribution in [-0.2, 0) is 16.1 Å². The maximum Gasteiger partial charge on any atom is 0.312 e. The fourth-order valence-electron chi connectivity index (χ4n) is 1.75. The summed E-state index contributed by atoms with van der Waals surface area (Å²) in [5.41, 5.74) is 1.95. The van der Waals surface area contributed by atoms with Crippen molar-refractivity contribution in [1.82, 2.24) is 4.90 Å². The molecule has 1 aromatic carbocycles. The Labute approximate surface area is 112 Å². The summed E-state index contributed by atoms with van der Waals surface area (Å²) in [6.45, 7) is 4.86. The molecule has 0 saturated carbocycles. The van der Waals surface area contributed by atoms with E-state index in [-0.39, 0.29) is 0 Å². The molecule has 19 heavy (non-hydrogen) atoms. The van der Waals surface area contributed by atoms with Crippen LogP contribution in [0, 0.1) is 6.92 Å². The van der Waals surface area contributed by atoms with Crippen molar-refractivity contribution in [2.75, 3.05) is 13.7 Å². The number of carbonyl (C=O) groups excluding carboxylic acids is 1. The van der Waals surface area contributed by atoms with Crippen molar-refractivity contribution in [1.29, 1.82) is 0 Å². The fourth-order valence-corrected chi connectivity index (χ4v) is 1.75. The Morgan fingerprint density at radius 1 is 1.37 bits per heavy atom. The van der Waals surface area contributed by atoms with Gasteiger partial charge in [0.2, 0.25) is 5.91 Å². The van der Waals surface area contributed by atoms with Crippen molar-refractivity contribution in [3.63, 3.8) is 0 Å². The monoisotopic (exact) mass is 265 g/mol. The third-order valence-corrected chi connectivity index (χ3v) is 2.69. The molecular weight excluding hydrogens is 246 g/mol. The summed E-state index contributed by atoms with van der Waals surface area (Å²) in [7, 11) is 1.59. The summed E-state index contributed by atoms with van der Waals surface area (Å²) in [4.78, 5) is 23.4. The molecule has 1 aromatic rings. The van der Waals surface area contributed by atoms with Gasteiger partial charge in [0.25, 0.3) is 0 Å². The first kappa shape index (κ1) is 15.0. The largest absolute Gasteiger partial charge is 0.494 e. The van der Waals surface area contributed by atoms with Crippen molar-refractivity contribution < 1.29 is 19.4 Å². The minimum Gasteiger partial charge on any atom is -0.494 e. The van der Waals surface area contributed by atoms with E-state index >= 15 is 0 Å². The average molecular weight is 265 g/mol. The molecule has 1 rings (SSSR count). The molecule has 0 fully saturated rings. The number of amides is 1. The molecule has 0 aromatic heterocycles. The number of carboxylic acids is 1. The third-order valence-electron chi connectivity index (χ3n) is 2.69. The quantitative estimate of drug-likeness (QED) is 0.797. The standard InChI is InChI=1S/C14H19NO4/c1-4-19-12-6-5-11(7-10(12)2)9-15(3)13(16)8-14(17)18/h5-7H,4,8-9H2,1-3H3,(H,17,18). The summed E-state index contributed by atoms with van der Waals surface area (Å²) in [5.74, 6) is -0.690. The van der Waals surface area contributed by atoms with E-state index in [0.717, 1.165) is 16.9 Å². The number of aryl methyl sites for hydroxylation is 1. The van der Waals surface area contributed by atoms with Gasteiger partial charge in [-0.15, -0.1) is 0 Å². The van der Waals surface area contributed by atoms with Gasteiger partial charge in [-0.3, -0.25) is 9.59 Å². The van der Waals surface area contributed by atoms with Gasteiger partial charge in [-0.2, -0.15) is 0 Å². The van der Waals surface area contributed by atoms with Crippen LogP contribution in [0.5, 0.6) is 5.75 Å². The molecule has 0 bridgehead atoms. The zero-order valence-electron chi connectivity index (χ0n) is 11.5. The maximum absolute atomic E-state index is 11.5. The summed E-state index contributed by atoms with van der Waals surface area (Å²) in [5, 5.41) is 8.57. The fraction of sp³-hybridized carbons (Fsp3) is 0.429. The van der Waals surface area contributed by atoms with E-state index in [4.69, 9.17) is 9.84 Å². The van der Waals surface area contributed by atoms with Gasteiger partial charge >= 0.3 is 5.97 Å². The van der Waals surface area contributed by atoms with Crippen LogP contribution in [0.1, 0.15) is 24.5 Å². The van der Waals surface area contributed by atoms with E-state index in [1.54, 1.807) is 7.05 Å². The van der Waals surface area contributed by atoms with Crippen LogP contribution < -0.4 is 4.74 Å². The number of nitrogens with zero attached hydrogens (tertiary/aromatic N) is 1. The highest BCUT2D eigenvalue weighted by molar-refractivity contribution is 5.93. The molecule has 0 radical (unpaired) electrons. The molecule has 1 N–H and O–H groups in total. The first-order valence-corrected chi connectivity index (χ1v) is 6.12. The maximum atomic E-state index is 11.5. The van der Waals surface area contributed by atoms with Gasteiger partial charge in [0.1, 0.15) is 12.2 Å². The second-order valence-electron chi connectivity index (χ2n) is 4.35. The number of hydrogen-bond acceptors (Lipinski definition) is 3. The van der Waals surface area contributed by atoms with E-state index in [1.165, 1.54) is 4.90 Å². The smallest absolute Gasteiger partial charge is 0.312 e. The molecule has 0 aliphatic rings. The number of carbonyl (C=O) groups is 2. The second-order valence-corrected chi connectivity index (χ2v) is 4.35. The highest BCUT2D eigenvalue weighted by atomic mass is 16.5. The van der Waals surface area contributed by atoms with Crippen molar-refractivity contribution in [3.8, 4) is 5.75 Å². The lowest BCUT2D eigenvalue weighted by Gasteiger charge is -2.17. The van der Waals surface area contributed by atoms with Crippen LogP contribution >= 0.6 is 0 Å². The Morgan fingerprint density at radius 2 is 2.05 bits per heavy atom. The Morgan fingerprint density at radius 3 is 2.58 bits per heavy atom. The predicted molar refractivity (Wildman–Crippen MR) is 71.1 cm³/mol. The normalized spacial score (nSPS) is 10.1. The molecule has 5 heteroatoms. The Hall–Kier alpha value is -2.04. The zero-order chi connectivity index (χ0) is 14.4. The van der Waals surface area contributed by atoms with Gasteiger partial charge in [-0.05, 0) is 31.0 Å². The molecular formula is C14H19NO4. The Balaban J connectivity index is 2.69. The van der Waals surface area contributed by atoms with Crippen molar-refractivity contribution >= 4 is 11.9 Å². The molecule has 0 unspecified atom stereocenters. The number of ether oxygens (including phenoxy) is 1. The summed E-state index contributed by atoms with van der Waals surface area (Å²) < 4.78 is 5.44. The minimum absolute atomic E-state index is 0.388. The van der Waals surface area contributed by atoms with Gasteiger partial charge in [-0.1, -0.05) is 12.1 Å². The molecule has 0 spiro atoms. The van der Waals surface area contributed by atoms with Gasteiger partial charge in [0.15, 0.2) is 0 Å². The van der Waals surface area contributed by atoms with Crippen molar-refractivity contribution in [2.24, 2.45) is 0 Å². The van der Waals surface area contributed by atoms with E-state index in [0.29, 0.717) is 13.2 Å². The first-order valence-electron chi connectivity index (χ1n) is 6.12. The molecule has 1 amide bonds. The molecule has 0 atom stereocenters. The SMILES string of the molecule is CCOc1ccc(CN(C)C(=O)CC(=O)O)cc1C. The molecule has 0 heterocycles. The van der Waals surface area contributed by atoms with Crippen LogP contribution in [0.2, 0.25) is 0 Å². The molecule has 0 aliphatic carbocycles. The third kappa shape index (κ3) is 4.62. The van der Waals surface area contributed by atoms with E-state index in [1.807, 2.05) is 32.0 Å². The number of carboxylic acid groups (broad SMARTS) is 1. The lowest BCUT2D eigenvalue weighted by molar-refractivity contribution is -0.143. The average Bonchev–Trinajstić information content (AvgIpc) is 2.32. The molecule has 104 valence electrons. The summed E-state index contributed by atoms with van der Waals surface area (Å²) >= 11 is 0. The van der Waals surface area contributed by atoms with E-state index in [9.17, 15) is 9.59 Å². The predicted octanol–water partition coefficient (Wildman–Crippen LogP) is 1.83. The van der Waals surface area contributed by atoms with Gasteiger partial charge in [0.05, 0.1) is 6.61 Å². The van der Waals surface area contributed by atoms with Gasteiger partial charge < -0.3 is 14.7 Å². The molecule has 5 nitrogen and oxygen atoms in total. The Kier molecular flexibility index (Phi) is 5.36. The van der Waals surface area contributed by atoms with E-state index < -0.39 is 18.3 Å². The molecule has 0 aliphatic heterocycles. The van der Waals surface area contributed by atoms with E-state index in [2.05, 4.69) is 0 Å².